The van der Waals surface area contributed by atoms with Crippen molar-refractivity contribution in [2.75, 3.05) is 37.8 Å². The van der Waals surface area contributed by atoms with Gasteiger partial charge in [0.15, 0.2) is 0 Å². The summed E-state index contributed by atoms with van der Waals surface area (Å²) in [4.78, 5) is 25.2. The first-order chi connectivity index (χ1) is 10.1. The number of amides is 2. The van der Waals surface area contributed by atoms with Gasteiger partial charge in [0.1, 0.15) is 6.61 Å². The van der Waals surface area contributed by atoms with Crippen molar-refractivity contribution in [3.63, 3.8) is 0 Å². The zero-order valence-electron chi connectivity index (χ0n) is 12.3. The number of aryl methyl sites for hydroxylation is 1. The summed E-state index contributed by atoms with van der Waals surface area (Å²) in [6, 6.07) is 5.09. The van der Waals surface area contributed by atoms with E-state index in [1.165, 1.54) is 0 Å². The van der Waals surface area contributed by atoms with Gasteiger partial charge in [-0.2, -0.15) is 0 Å². The minimum atomic E-state index is -0.379. The van der Waals surface area contributed by atoms with Crippen LogP contribution in [-0.2, 0) is 9.47 Å². The molecule has 1 N–H and O–H groups in total. The molecule has 6 heteroatoms. The quantitative estimate of drug-likeness (QED) is 0.640. The Morgan fingerprint density at radius 2 is 2.19 bits per heavy atom. The van der Waals surface area contributed by atoms with Crippen LogP contribution in [0.15, 0.2) is 18.2 Å². The highest BCUT2D eigenvalue weighted by molar-refractivity contribution is 5.96. The lowest BCUT2D eigenvalue weighted by molar-refractivity contribution is 0.0335. The van der Waals surface area contributed by atoms with E-state index in [9.17, 15) is 9.59 Å². The van der Waals surface area contributed by atoms with Gasteiger partial charge in [0.05, 0.1) is 12.2 Å². The first-order valence-electron chi connectivity index (χ1n) is 7.04. The maximum atomic E-state index is 11.9. The number of esters is 1. The molecular formula is C15H20N2O4. The van der Waals surface area contributed by atoms with Crippen molar-refractivity contribution >= 4 is 17.7 Å². The Balaban J connectivity index is 2.01. The van der Waals surface area contributed by atoms with E-state index >= 15 is 0 Å². The molecule has 114 valence electrons. The van der Waals surface area contributed by atoms with Crippen LogP contribution in [0.2, 0.25) is 0 Å². The highest BCUT2D eigenvalue weighted by Crippen LogP contribution is 2.23. The van der Waals surface area contributed by atoms with Crippen LogP contribution >= 0.6 is 0 Å². The number of urea groups is 1. The third-order valence-corrected chi connectivity index (χ3v) is 3.25. The third-order valence-electron chi connectivity index (χ3n) is 3.25. The third kappa shape index (κ3) is 3.72. The molecule has 0 unspecified atom stereocenters. The number of carbonyl (C=O) groups excluding carboxylic acids is 2. The fourth-order valence-corrected chi connectivity index (χ4v) is 2.21. The van der Waals surface area contributed by atoms with Gasteiger partial charge in [-0.1, -0.05) is 0 Å². The molecule has 1 aromatic rings. The standard InChI is InChI=1S/C15H20N2O4/c1-3-20-8-9-21-14(18)12-4-5-13(11(2)10-12)17-7-6-16-15(17)19/h4-5,10H,3,6-9H2,1-2H3,(H,16,19). The molecule has 1 heterocycles. The van der Waals surface area contributed by atoms with E-state index in [0.29, 0.717) is 31.9 Å². The summed E-state index contributed by atoms with van der Waals surface area (Å²) in [7, 11) is 0. The Morgan fingerprint density at radius 1 is 1.38 bits per heavy atom. The molecule has 0 spiro atoms. The van der Waals surface area contributed by atoms with Crippen molar-refractivity contribution < 1.29 is 19.1 Å². The number of benzene rings is 1. The Morgan fingerprint density at radius 3 is 2.81 bits per heavy atom. The summed E-state index contributed by atoms with van der Waals surface area (Å²) in [5.74, 6) is -0.379. The van der Waals surface area contributed by atoms with Crippen LogP contribution in [0, 0.1) is 6.92 Å². The second-order valence-corrected chi connectivity index (χ2v) is 4.72. The monoisotopic (exact) mass is 292 g/mol. The summed E-state index contributed by atoms with van der Waals surface area (Å²) in [6.07, 6.45) is 0. The van der Waals surface area contributed by atoms with Crippen molar-refractivity contribution in [1.29, 1.82) is 0 Å². The molecule has 0 saturated carbocycles. The molecule has 1 aromatic carbocycles. The molecule has 1 saturated heterocycles. The molecule has 0 bridgehead atoms. The van der Waals surface area contributed by atoms with Gasteiger partial charge in [0, 0.05) is 25.4 Å². The summed E-state index contributed by atoms with van der Waals surface area (Å²) < 4.78 is 10.2. The van der Waals surface area contributed by atoms with Crippen molar-refractivity contribution in [2.24, 2.45) is 0 Å². The smallest absolute Gasteiger partial charge is 0.338 e. The molecule has 1 fully saturated rings. The lowest BCUT2D eigenvalue weighted by Crippen LogP contribution is -2.28. The highest BCUT2D eigenvalue weighted by Gasteiger charge is 2.23. The maximum absolute atomic E-state index is 11.9. The summed E-state index contributed by atoms with van der Waals surface area (Å²) >= 11 is 0. The number of rotatable bonds is 6. The molecule has 0 aromatic heterocycles. The number of nitrogens with zero attached hydrogens (tertiary/aromatic N) is 1. The minimum Gasteiger partial charge on any atom is -0.460 e. The van der Waals surface area contributed by atoms with Crippen LogP contribution in [0.4, 0.5) is 10.5 Å². The Labute approximate surface area is 124 Å². The predicted molar refractivity (Wildman–Crippen MR) is 78.7 cm³/mol. The van der Waals surface area contributed by atoms with Gasteiger partial charge in [-0.25, -0.2) is 9.59 Å². The number of nitrogens with one attached hydrogen (secondary N) is 1. The molecule has 1 aliphatic rings. The molecule has 0 atom stereocenters. The number of hydrogen-bond donors (Lipinski definition) is 1. The van der Waals surface area contributed by atoms with E-state index in [0.717, 1.165) is 11.3 Å². The Kier molecular flexibility index (Phi) is 5.16. The van der Waals surface area contributed by atoms with Crippen molar-refractivity contribution in [3.05, 3.63) is 29.3 Å². The van der Waals surface area contributed by atoms with Gasteiger partial charge in [-0.15, -0.1) is 0 Å². The Bertz CT molecular complexity index is 530. The zero-order chi connectivity index (χ0) is 15.2. The van der Waals surface area contributed by atoms with Crippen LogP contribution < -0.4 is 10.2 Å². The number of carbonyl (C=O) groups is 2. The van der Waals surface area contributed by atoms with Crippen LogP contribution in [-0.4, -0.2) is 44.9 Å². The minimum absolute atomic E-state index is 0.106. The molecule has 0 radical (unpaired) electrons. The molecule has 1 aliphatic heterocycles. The van der Waals surface area contributed by atoms with Gasteiger partial charge >= 0.3 is 12.0 Å². The molecule has 2 amide bonds. The lowest BCUT2D eigenvalue weighted by Gasteiger charge is -2.17. The van der Waals surface area contributed by atoms with Crippen LogP contribution in [0.1, 0.15) is 22.8 Å². The fraction of sp³-hybridized carbons (Fsp3) is 0.467. The Hall–Kier alpha value is -2.08. The van der Waals surface area contributed by atoms with Gasteiger partial charge in [-0.05, 0) is 37.6 Å². The zero-order valence-corrected chi connectivity index (χ0v) is 12.3. The first kappa shape index (κ1) is 15.3. The van der Waals surface area contributed by atoms with Gasteiger partial charge in [-0.3, -0.25) is 4.90 Å². The topological polar surface area (TPSA) is 67.9 Å². The van der Waals surface area contributed by atoms with Crippen LogP contribution in [0.25, 0.3) is 0 Å². The molecular weight excluding hydrogens is 272 g/mol. The van der Waals surface area contributed by atoms with E-state index in [2.05, 4.69) is 5.32 Å². The summed E-state index contributed by atoms with van der Waals surface area (Å²) in [5, 5.41) is 2.75. The van der Waals surface area contributed by atoms with Gasteiger partial charge in [0.2, 0.25) is 0 Å². The van der Waals surface area contributed by atoms with Crippen LogP contribution in [0.5, 0.6) is 0 Å². The second kappa shape index (κ2) is 7.08. The van der Waals surface area contributed by atoms with Crippen LogP contribution in [0.3, 0.4) is 0 Å². The summed E-state index contributed by atoms with van der Waals surface area (Å²) in [6.45, 7) is 6.27. The second-order valence-electron chi connectivity index (χ2n) is 4.72. The average molecular weight is 292 g/mol. The molecule has 21 heavy (non-hydrogen) atoms. The summed E-state index contributed by atoms with van der Waals surface area (Å²) in [5.41, 5.74) is 2.16. The maximum Gasteiger partial charge on any atom is 0.338 e. The number of ether oxygens (including phenoxy) is 2. The number of hydrogen-bond acceptors (Lipinski definition) is 4. The van der Waals surface area contributed by atoms with E-state index in [-0.39, 0.29) is 18.6 Å². The molecule has 2 rings (SSSR count). The van der Waals surface area contributed by atoms with E-state index < -0.39 is 0 Å². The van der Waals surface area contributed by atoms with E-state index in [4.69, 9.17) is 9.47 Å². The molecule has 6 nitrogen and oxygen atoms in total. The van der Waals surface area contributed by atoms with Gasteiger partial charge < -0.3 is 14.8 Å². The average Bonchev–Trinajstić information content (AvgIpc) is 2.89. The highest BCUT2D eigenvalue weighted by atomic mass is 16.6. The SMILES string of the molecule is CCOCCOC(=O)c1ccc(N2CCNC2=O)c(C)c1. The van der Waals surface area contributed by atoms with Crippen molar-refractivity contribution in [3.8, 4) is 0 Å². The largest absolute Gasteiger partial charge is 0.460 e. The van der Waals surface area contributed by atoms with Crippen molar-refractivity contribution in [1.82, 2.24) is 5.32 Å². The lowest BCUT2D eigenvalue weighted by atomic mass is 10.1. The normalized spacial score (nSPS) is 14.2. The predicted octanol–water partition coefficient (Wildman–Crippen LogP) is 1.72. The van der Waals surface area contributed by atoms with Gasteiger partial charge in [0.25, 0.3) is 0 Å². The van der Waals surface area contributed by atoms with E-state index in [1.54, 1.807) is 23.1 Å². The van der Waals surface area contributed by atoms with E-state index in [1.807, 2.05) is 13.8 Å². The first-order valence-corrected chi connectivity index (χ1v) is 7.04. The fourth-order valence-electron chi connectivity index (χ4n) is 2.21. The molecule has 0 aliphatic carbocycles. The van der Waals surface area contributed by atoms with Crippen molar-refractivity contribution in [2.45, 2.75) is 13.8 Å². The number of anilines is 1.